The van der Waals surface area contributed by atoms with Gasteiger partial charge in [-0.2, -0.15) is 0 Å². The maximum atomic E-state index is 10.3. The van der Waals surface area contributed by atoms with Crippen molar-refractivity contribution in [2.24, 2.45) is 5.73 Å². The average Bonchev–Trinajstić information content (AvgIpc) is 2.02. The zero-order valence-electron chi connectivity index (χ0n) is 7.38. The Balaban J connectivity index is 2.86. The number of hydrogen-bond acceptors (Lipinski definition) is 3. The third kappa shape index (κ3) is 9.39. The minimum Gasteiger partial charge on any atom is -0.396 e. The van der Waals surface area contributed by atoms with Crippen molar-refractivity contribution in [3.63, 3.8) is 0 Å². The number of primary amides is 1. The third-order valence-electron chi connectivity index (χ3n) is 1.54. The first-order valence-electron chi connectivity index (χ1n) is 4.37. The summed E-state index contributed by atoms with van der Waals surface area (Å²) in [4.78, 5) is 10.3. The van der Waals surface area contributed by atoms with Gasteiger partial charge in [-0.3, -0.25) is 4.79 Å². The molecule has 4 nitrogen and oxygen atoms in total. The normalized spacial score (nSPS) is 10.1. The number of rotatable bonds is 8. The Morgan fingerprint density at radius 3 is 2.50 bits per heavy atom. The summed E-state index contributed by atoms with van der Waals surface area (Å²) >= 11 is 0. The second-order valence-corrected chi connectivity index (χ2v) is 2.75. The molecule has 4 N–H and O–H groups in total. The molecular weight excluding hydrogens is 156 g/mol. The molecule has 0 rings (SSSR count). The van der Waals surface area contributed by atoms with E-state index in [4.69, 9.17) is 10.8 Å². The highest BCUT2D eigenvalue weighted by atomic mass is 16.2. The molecule has 0 fully saturated rings. The van der Waals surface area contributed by atoms with E-state index < -0.39 is 0 Å². The molecule has 0 aliphatic carbocycles. The van der Waals surface area contributed by atoms with E-state index in [1.807, 2.05) is 0 Å². The fraction of sp³-hybridized carbons (Fsp3) is 0.875. The summed E-state index contributed by atoms with van der Waals surface area (Å²) in [5.41, 5.74) is 4.96. The lowest BCUT2D eigenvalue weighted by Crippen LogP contribution is -2.19. The van der Waals surface area contributed by atoms with Gasteiger partial charge in [0.1, 0.15) is 0 Å². The summed E-state index contributed by atoms with van der Waals surface area (Å²) in [6.45, 7) is 1.98. The lowest BCUT2D eigenvalue weighted by Gasteiger charge is -2.01. The zero-order chi connectivity index (χ0) is 9.23. The van der Waals surface area contributed by atoms with Gasteiger partial charge in [-0.05, 0) is 32.4 Å². The number of aliphatic hydroxyl groups is 1. The number of aliphatic hydroxyl groups excluding tert-OH is 1. The van der Waals surface area contributed by atoms with Crippen LogP contribution < -0.4 is 11.1 Å². The summed E-state index contributed by atoms with van der Waals surface area (Å²) in [6, 6.07) is 0. The van der Waals surface area contributed by atoms with Crippen molar-refractivity contribution in [3.8, 4) is 0 Å². The molecule has 0 saturated carbocycles. The van der Waals surface area contributed by atoms with Crippen LogP contribution in [0, 0.1) is 0 Å². The molecule has 0 saturated heterocycles. The molecule has 72 valence electrons. The standard InChI is InChI=1S/C8H18N2O2/c9-8(12)4-3-6-10-5-1-2-7-11/h10-11H,1-7H2,(H2,9,12). The van der Waals surface area contributed by atoms with Crippen LogP contribution in [0.5, 0.6) is 0 Å². The highest BCUT2D eigenvalue weighted by molar-refractivity contribution is 5.73. The van der Waals surface area contributed by atoms with Gasteiger partial charge in [-0.25, -0.2) is 0 Å². The largest absolute Gasteiger partial charge is 0.396 e. The molecule has 0 atom stereocenters. The number of hydrogen-bond donors (Lipinski definition) is 3. The Morgan fingerprint density at radius 2 is 1.92 bits per heavy atom. The molecule has 4 heteroatoms. The van der Waals surface area contributed by atoms with E-state index in [2.05, 4.69) is 5.32 Å². The Morgan fingerprint density at radius 1 is 1.25 bits per heavy atom. The van der Waals surface area contributed by atoms with Crippen molar-refractivity contribution in [2.75, 3.05) is 19.7 Å². The van der Waals surface area contributed by atoms with Crippen LogP contribution in [-0.2, 0) is 4.79 Å². The van der Waals surface area contributed by atoms with Crippen LogP contribution in [0.25, 0.3) is 0 Å². The van der Waals surface area contributed by atoms with Crippen molar-refractivity contribution in [3.05, 3.63) is 0 Å². The molecule has 12 heavy (non-hydrogen) atoms. The topological polar surface area (TPSA) is 75.4 Å². The van der Waals surface area contributed by atoms with Gasteiger partial charge in [0.2, 0.25) is 5.91 Å². The van der Waals surface area contributed by atoms with Crippen molar-refractivity contribution in [2.45, 2.75) is 25.7 Å². The molecule has 0 radical (unpaired) electrons. The second kappa shape index (κ2) is 8.49. The maximum absolute atomic E-state index is 10.3. The Bertz CT molecular complexity index is 118. The maximum Gasteiger partial charge on any atom is 0.217 e. The number of nitrogens with two attached hydrogens (primary N) is 1. The Hall–Kier alpha value is -0.610. The minimum atomic E-state index is -0.243. The molecule has 0 spiro atoms. The average molecular weight is 174 g/mol. The van der Waals surface area contributed by atoms with Crippen molar-refractivity contribution < 1.29 is 9.90 Å². The van der Waals surface area contributed by atoms with Gasteiger partial charge in [0, 0.05) is 13.0 Å². The van der Waals surface area contributed by atoms with Gasteiger partial charge >= 0.3 is 0 Å². The van der Waals surface area contributed by atoms with Crippen molar-refractivity contribution in [1.29, 1.82) is 0 Å². The van der Waals surface area contributed by atoms with Gasteiger partial charge in [-0.15, -0.1) is 0 Å². The van der Waals surface area contributed by atoms with Crippen LogP contribution >= 0.6 is 0 Å². The molecule has 0 aliphatic rings. The van der Waals surface area contributed by atoms with Crippen LogP contribution in [0.2, 0.25) is 0 Å². The third-order valence-corrected chi connectivity index (χ3v) is 1.54. The molecule has 0 aromatic carbocycles. The first-order chi connectivity index (χ1) is 5.77. The highest BCUT2D eigenvalue weighted by Crippen LogP contribution is 1.86. The monoisotopic (exact) mass is 174 g/mol. The Labute approximate surface area is 73.1 Å². The summed E-state index contributed by atoms with van der Waals surface area (Å²) in [6.07, 6.45) is 3.07. The predicted molar refractivity (Wildman–Crippen MR) is 47.6 cm³/mol. The predicted octanol–water partition coefficient (Wildman–Crippen LogP) is -0.386. The quantitative estimate of drug-likeness (QED) is 0.439. The van der Waals surface area contributed by atoms with Crippen LogP contribution in [0.4, 0.5) is 0 Å². The number of carbonyl (C=O) groups is 1. The molecule has 0 aromatic rings. The lowest BCUT2D eigenvalue weighted by atomic mass is 10.3. The fourth-order valence-electron chi connectivity index (χ4n) is 0.874. The summed E-state index contributed by atoms with van der Waals surface area (Å²) in [5, 5.41) is 11.6. The van der Waals surface area contributed by atoms with E-state index in [0.717, 1.165) is 32.4 Å². The molecule has 0 aliphatic heterocycles. The second-order valence-electron chi connectivity index (χ2n) is 2.75. The fourth-order valence-corrected chi connectivity index (χ4v) is 0.874. The first kappa shape index (κ1) is 11.4. The lowest BCUT2D eigenvalue weighted by molar-refractivity contribution is -0.118. The molecule has 1 amide bonds. The van der Waals surface area contributed by atoms with E-state index in [9.17, 15) is 4.79 Å². The van der Waals surface area contributed by atoms with Gasteiger partial charge in [0.15, 0.2) is 0 Å². The van der Waals surface area contributed by atoms with E-state index in [-0.39, 0.29) is 12.5 Å². The van der Waals surface area contributed by atoms with E-state index in [1.54, 1.807) is 0 Å². The highest BCUT2D eigenvalue weighted by Gasteiger charge is 1.93. The molecule has 0 heterocycles. The van der Waals surface area contributed by atoms with Crippen LogP contribution in [0.15, 0.2) is 0 Å². The number of carbonyl (C=O) groups excluding carboxylic acids is 1. The minimum absolute atomic E-state index is 0.243. The van der Waals surface area contributed by atoms with Crippen molar-refractivity contribution in [1.82, 2.24) is 5.32 Å². The number of unbranched alkanes of at least 4 members (excludes halogenated alkanes) is 1. The molecule has 0 bridgehead atoms. The van der Waals surface area contributed by atoms with E-state index in [0.29, 0.717) is 6.42 Å². The smallest absolute Gasteiger partial charge is 0.217 e. The van der Waals surface area contributed by atoms with Crippen LogP contribution in [-0.4, -0.2) is 30.7 Å². The SMILES string of the molecule is NC(=O)CCCNCCCCO. The summed E-state index contributed by atoms with van der Waals surface area (Å²) in [5.74, 6) is -0.243. The summed E-state index contributed by atoms with van der Waals surface area (Å²) in [7, 11) is 0. The molecule has 0 aromatic heterocycles. The number of amides is 1. The zero-order valence-corrected chi connectivity index (χ0v) is 7.38. The first-order valence-corrected chi connectivity index (χ1v) is 4.37. The van der Waals surface area contributed by atoms with Crippen LogP contribution in [0.3, 0.4) is 0 Å². The van der Waals surface area contributed by atoms with Crippen LogP contribution in [0.1, 0.15) is 25.7 Å². The van der Waals surface area contributed by atoms with Crippen molar-refractivity contribution >= 4 is 5.91 Å². The van der Waals surface area contributed by atoms with Gasteiger partial charge in [0.25, 0.3) is 0 Å². The number of nitrogens with one attached hydrogen (secondary N) is 1. The van der Waals surface area contributed by atoms with E-state index in [1.165, 1.54) is 0 Å². The Kier molecular flexibility index (Phi) is 8.05. The van der Waals surface area contributed by atoms with Gasteiger partial charge in [-0.1, -0.05) is 0 Å². The summed E-state index contributed by atoms with van der Waals surface area (Å²) < 4.78 is 0. The van der Waals surface area contributed by atoms with Gasteiger partial charge < -0.3 is 16.2 Å². The molecule has 0 unspecified atom stereocenters. The molecular formula is C8H18N2O2. The van der Waals surface area contributed by atoms with Gasteiger partial charge in [0.05, 0.1) is 0 Å². The van der Waals surface area contributed by atoms with E-state index >= 15 is 0 Å².